The van der Waals surface area contributed by atoms with Crippen LogP contribution in [0.1, 0.15) is 86.6 Å². The molecule has 0 saturated heterocycles. The lowest BCUT2D eigenvalue weighted by Gasteiger charge is -2.41. The molecule has 0 aliphatic rings. The summed E-state index contributed by atoms with van der Waals surface area (Å²) in [7, 11) is -3.59. The molecule has 0 aliphatic carbocycles. The second-order valence-corrected chi connectivity index (χ2v) is 23.2. The molecule has 1 rings (SSSR count). The first kappa shape index (κ1) is 47.5. The van der Waals surface area contributed by atoms with Gasteiger partial charge in [-0.05, 0) is 86.1 Å². The summed E-state index contributed by atoms with van der Waals surface area (Å²) >= 11 is 0. The predicted molar refractivity (Wildman–Crippen MR) is 189 cm³/mol. The third-order valence-electron chi connectivity index (χ3n) is 10.1. The van der Waals surface area contributed by atoms with E-state index in [4.69, 9.17) is 18.3 Å². The Labute approximate surface area is 301 Å². The van der Waals surface area contributed by atoms with Gasteiger partial charge in [-0.25, -0.2) is 0 Å². The second-order valence-electron chi connectivity index (χ2n) is 13.7. The molecule has 51 heavy (non-hydrogen) atoms. The van der Waals surface area contributed by atoms with Gasteiger partial charge < -0.3 is 18.3 Å². The molecule has 1 aromatic carbocycles. The quantitative estimate of drug-likeness (QED) is 0.0406. The Kier molecular flexibility index (Phi) is 18.8. The number of halogens is 9. The molecule has 0 fully saturated rings. The Hall–Kier alpha value is -1.56. The molecule has 298 valence electrons. The van der Waals surface area contributed by atoms with Crippen molar-refractivity contribution in [3.05, 3.63) is 42.0 Å². The number of hydrogen-bond donors (Lipinski definition) is 0. The van der Waals surface area contributed by atoms with Gasteiger partial charge >= 0.3 is 23.9 Å². The zero-order valence-electron chi connectivity index (χ0n) is 31.5. The van der Waals surface area contributed by atoms with E-state index in [1.807, 2.05) is 6.92 Å². The molecular formula is C36H59F9O4Si2. The van der Waals surface area contributed by atoms with Crippen molar-refractivity contribution < 1.29 is 57.8 Å². The average molecular weight is 783 g/mol. The van der Waals surface area contributed by atoms with Gasteiger partial charge in [0, 0.05) is 13.0 Å². The maximum atomic E-state index is 13.7. The highest BCUT2D eigenvalue weighted by molar-refractivity contribution is 6.74. The first-order chi connectivity index (χ1) is 23.6. The zero-order chi connectivity index (χ0) is 39.2. The Bertz CT molecular complexity index is 1140. The highest BCUT2D eigenvalue weighted by atomic mass is 28.4. The minimum Gasteiger partial charge on any atom is -0.494 e. The third kappa shape index (κ3) is 13.4. The van der Waals surface area contributed by atoms with Crippen LogP contribution in [0, 0.1) is 5.92 Å². The number of alkyl halides is 9. The Morgan fingerprint density at radius 2 is 1.24 bits per heavy atom. The smallest absolute Gasteiger partial charge is 0.460 e. The number of rotatable bonds is 26. The van der Waals surface area contributed by atoms with Crippen LogP contribution in [0.4, 0.5) is 39.5 Å². The normalized spacial score (nSPS) is 15.7. The largest absolute Gasteiger partial charge is 0.494 e. The number of hydrogen-bond acceptors (Lipinski definition) is 4. The molecule has 0 heterocycles. The highest BCUT2D eigenvalue weighted by Crippen LogP contribution is 2.54. The van der Waals surface area contributed by atoms with Crippen molar-refractivity contribution in [2.24, 2.45) is 5.92 Å². The van der Waals surface area contributed by atoms with Gasteiger partial charge in [-0.2, -0.15) is 39.5 Å². The van der Waals surface area contributed by atoms with Crippen molar-refractivity contribution in [2.45, 2.75) is 153 Å². The summed E-state index contributed by atoms with van der Waals surface area (Å²) in [5.74, 6) is -18.8. The standard InChI is InChI=1S/C36H59F9O4Si2/c1-9-50(10-2,11-3)48-26-24-32(8,49-51(12-4,13-5)14-6)22-15-17-29(7)27-46-28-30-18-20-31(21-19-30)47-25-16-23-33(37,38)34(39,40)35(41,42)36(43,44)45/h15,17-21,29H,9-14,16,22-28H2,1-8H3/t29-,32+/m1/s1. The maximum absolute atomic E-state index is 13.7. The molecular weight excluding hydrogens is 724 g/mol. The van der Waals surface area contributed by atoms with E-state index >= 15 is 0 Å². The monoisotopic (exact) mass is 782 g/mol. The summed E-state index contributed by atoms with van der Waals surface area (Å²) in [5.41, 5.74) is 0.434. The van der Waals surface area contributed by atoms with Crippen LogP contribution in [0.2, 0.25) is 36.3 Å². The van der Waals surface area contributed by atoms with E-state index in [-0.39, 0.29) is 23.9 Å². The average Bonchev–Trinajstić information content (AvgIpc) is 3.08. The molecule has 4 nitrogen and oxygen atoms in total. The van der Waals surface area contributed by atoms with Gasteiger partial charge in [0.1, 0.15) is 5.75 Å². The molecule has 0 spiro atoms. The van der Waals surface area contributed by atoms with Gasteiger partial charge in [-0.1, -0.05) is 72.8 Å². The summed E-state index contributed by atoms with van der Waals surface area (Å²) in [4.78, 5) is 0. The van der Waals surface area contributed by atoms with Gasteiger partial charge in [-0.15, -0.1) is 0 Å². The SMILES string of the molecule is CC[Si](CC)(CC)OCC[C@](C)(CC=C[C@@H](C)COCc1ccc(OCCCC(F)(F)C(F)(F)C(F)(F)C(F)(F)F)cc1)O[Si](CC)(CC)CC. The molecule has 0 unspecified atom stereocenters. The van der Waals surface area contributed by atoms with Gasteiger partial charge in [0.05, 0.1) is 25.4 Å². The molecule has 0 saturated carbocycles. The Morgan fingerprint density at radius 1 is 0.706 bits per heavy atom. The van der Waals surface area contributed by atoms with E-state index in [9.17, 15) is 39.5 Å². The third-order valence-corrected chi connectivity index (χ3v) is 19.5. The van der Waals surface area contributed by atoms with Crippen LogP contribution in [-0.4, -0.2) is 66.0 Å². The topological polar surface area (TPSA) is 36.9 Å². The van der Waals surface area contributed by atoms with Crippen molar-refractivity contribution in [1.82, 2.24) is 0 Å². The van der Waals surface area contributed by atoms with Crippen LogP contribution in [0.15, 0.2) is 36.4 Å². The van der Waals surface area contributed by atoms with Gasteiger partial charge in [-0.3, -0.25) is 0 Å². The lowest BCUT2D eigenvalue weighted by atomic mass is 9.97. The molecule has 0 bridgehead atoms. The van der Waals surface area contributed by atoms with Crippen LogP contribution in [-0.2, 0) is 20.2 Å². The van der Waals surface area contributed by atoms with E-state index < -0.39 is 60.0 Å². The predicted octanol–water partition coefficient (Wildman–Crippen LogP) is 12.6. The van der Waals surface area contributed by atoms with Crippen molar-refractivity contribution in [1.29, 1.82) is 0 Å². The van der Waals surface area contributed by atoms with E-state index in [2.05, 4.69) is 60.6 Å². The molecule has 1 aromatic rings. The minimum absolute atomic E-state index is 0.112. The molecule has 0 aliphatic heterocycles. The summed E-state index contributed by atoms with van der Waals surface area (Å²) in [5, 5.41) is 0. The molecule has 2 atom stereocenters. The van der Waals surface area contributed by atoms with Crippen molar-refractivity contribution in [2.75, 3.05) is 19.8 Å². The lowest BCUT2D eigenvalue weighted by molar-refractivity contribution is -0.396. The zero-order valence-corrected chi connectivity index (χ0v) is 33.5. The Balaban J connectivity index is 2.68. The number of ether oxygens (including phenoxy) is 2. The first-order valence-corrected chi connectivity index (χ1v) is 23.1. The van der Waals surface area contributed by atoms with E-state index in [1.165, 1.54) is 12.1 Å². The Morgan fingerprint density at radius 3 is 1.73 bits per heavy atom. The number of benzene rings is 1. The highest BCUT2D eigenvalue weighted by Gasteiger charge is 2.81. The fraction of sp³-hybridized carbons (Fsp3) is 0.778. The minimum atomic E-state index is -6.89. The van der Waals surface area contributed by atoms with Crippen LogP contribution in [0.3, 0.4) is 0 Å². The molecule has 15 heteroatoms. The summed E-state index contributed by atoms with van der Waals surface area (Å²) in [6, 6.07) is 12.8. The molecule has 0 radical (unpaired) electrons. The van der Waals surface area contributed by atoms with E-state index in [0.717, 1.165) is 54.7 Å². The molecule has 0 aromatic heterocycles. The van der Waals surface area contributed by atoms with Crippen LogP contribution < -0.4 is 4.74 Å². The summed E-state index contributed by atoms with van der Waals surface area (Å²) < 4.78 is 142. The van der Waals surface area contributed by atoms with Crippen molar-refractivity contribution in [3.63, 3.8) is 0 Å². The lowest BCUT2D eigenvalue weighted by Crippen LogP contribution is -2.60. The summed E-state index contributed by atoms with van der Waals surface area (Å²) in [6.07, 6.45) is -3.76. The molecule has 0 amide bonds. The summed E-state index contributed by atoms with van der Waals surface area (Å²) in [6.45, 7) is 18.4. The van der Waals surface area contributed by atoms with Crippen LogP contribution in [0.25, 0.3) is 0 Å². The van der Waals surface area contributed by atoms with E-state index in [1.54, 1.807) is 12.1 Å². The van der Waals surface area contributed by atoms with E-state index in [0.29, 0.717) is 13.2 Å². The van der Waals surface area contributed by atoms with Gasteiger partial charge in [0.2, 0.25) is 0 Å². The van der Waals surface area contributed by atoms with Crippen LogP contribution in [0.5, 0.6) is 5.75 Å². The van der Waals surface area contributed by atoms with Crippen LogP contribution >= 0.6 is 0 Å². The first-order valence-electron chi connectivity index (χ1n) is 18.1. The maximum Gasteiger partial charge on any atom is 0.460 e. The molecule has 0 N–H and O–H groups in total. The fourth-order valence-electron chi connectivity index (χ4n) is 5.92. The van der Waals surface area contributed by atoms with Gasteiger partial charge in [0.15, 0.2) is 16.6 Å². The fourth-order valence-corrected chi connectivity index (χ4v) is 11.7. The van der Waals surface area contributed by atoms with Gasteiger partial charge in [0.25, 0.3) is 0 Å². The second kappa shape index (κ2) is 20.2. The van der Waals surface area contributed by atoms with Crippen molar-refractivity contribution in [3.8, 4) is 5.75 Å². The van der Waals surface area contributed by atoms with Crippen molar-refractivity contribution >= 4 is 16.6 Å².